The Labute approximate surface area is 142 Å². The third-order valence-electron chi connectivity index (χ3n) is 6.86. The second-order valence-electron chi connectivity index (χ2n) is 8.37. The summed E-state index contributed by atoms with van der Waals surface area (Å²) >= 11 is 0. The van der Waals surface area contributed by atoms with Crippen LogP contribution in [0, 0.1) is 29.1 Å². The smallest absolute Gasteiger partial charge is 0.308 e. The monoisotopic (exact) mass is 355 g/mol. The van der Waals surface area contributed by atoms with Gasteiger partial charge in [-0.1, -0.05) is 25.7 Å². The number of amides is 1. The number of carboxylic acids is 1. The zero-order valence-corrected chi connectivity index (χ0v) is 14.6. The third-order valence-corrected chi connectivity index (χ3v) is 8.71. The molecule has 0 bridgehead atoms. The maximum Gasteiger partial charge on any atom is 0.308 e. The van der Waals surface area contributed by atoms with Gasteiger partial charge in [0.2, 0.25) is 5.91 Å². The van der Waals surface area contributed by atoms with Crippen molar-refractivity contribution in [1.29, 1.82) is 0 Å². The third kappa shape index (κ3) is 2.65. The number of sulfone groups is 1. The minimum absolute atomic E-state index is 0.0297. The van der Waals surface area contributed by atoms with Gasteiger partial charge in [0.05, 0.1) is 23.3 Å². The van der Waals surface area contributed by atoms with Gasteiger partial charge in [-0.3, -0.25) is 9.59 Å². The van der Waals surface area contributed by atoms with Crippen LogP contribution >= 0.6 is 0 Å². The van der Waals surface area contributed by atoms with E-state index in [0.717, 1.165) is 38.5 Å². The highest BCUT2D eigenvalue weighted by Gasteiger charge is 2.61. The number of hydrogen-bond donors (Lipinski definition) is 1. The zero-order valence-electron chi connectivity index (χ0n) is 13.8. The number of rotatable bonds is 3. The van der Waals surface area contributed by atoms with Crippen molar-refractivity contribution in [3.05, 3.63) is 0 Å². The maximum absolute atomic E-state index is 13.0. The van der Waals surface area contributed by atoms with Gasteiger partial charge >= 0.3 is 5.97 Å². The lowest BCUT2D eigenvalue weighted by Crippen LogP contribution is -2.39. The van der Waals surface area contributed by atoms with Crippen LogP contribution in [0.2, 0.25) is 0 Å². The fourth-order valence-corrected chi connectivity index (χ4v) is 7.86. The minimum Gasteiger partial charge on any atom is -0.481 e. The topological polar surface area (TPSA) is 91.8 Å². The highest BCUT2D eigenvalue weighted by molar-refractivity contribution is 7.91. The molecule has 7 heteroatoms. The summed E-state index contributed by atoms with van der Waals surface area (Å²) < 4.78 is 24.0. The van der Waals surface area contributed by atoms with E-state index in [2.05, 4.69) is 0 Å². The standard InChI is InChI=1S/C17H25NO5S/c19-15(14-9-24(22,23)10-17(14)5-6-17)18-7-12(11-3-1-2-4-11)13(8-18)16(20)21/h11-14H,1-10H2,(H,20,21)/t12-,13+,14?/m0/s1. The van der Waals surface area contributed by atoms with Crippen LogP contribution in [0.15, 0.2) is 0 Å². The fourth-order valence-electron chi connectivity index (χ4n) is 5.37. The summed E-state index contributed by atoms with van der Waals surface area (Å²) in [5.41, 5.74) is -0.333. The lowest BCUT2D eigenvalue weighted by atomic mass is 9.83. The molecule has 4 fully saturated rings. The number of aliphatic carboxylic acids is 1. The average Bonchev–Trinajstić information content (AvgIpc) is 2.95. The van der Waals surface area contributed by atoms with Crippen LogP contribution in [0.3, 0.4) is 0 Å². The molecule has 4 rings (SSSR count). The highest BCUT2D eigenvalue weighted by atomic mass is 32.2. The minimum atomic E-state index is -3.14. The van der Waals surface area contributed by atoms with E-state index in [0.29, 0.717) is 12.5 Å². The van der Waals surface area contributed by atoms with Crippen LogP contribution in [0.5, 0.6) is 0 Å². The molecule has 1 N–H and O–H groups in total. The molecule has 0 aromatic heterocycles. The van der Waals surface area contributed by atoms with E-state index < -0.39 is 27.6 Å². The Kier molecular flexibility index (Phi) is 3.71. The highest BCUT2D eigenvalue weighted by Crippen LogP contribution is 2.58. The lowest BCUT2D eigenvalue weighted by Gasteiger charge is -2.24. The Morgan fingerprint density at radius 3 is 2.33 bits per heavy atom. The summed E-state index contributed by atoms with van der Waals surface area (Å²) in [4.78, 5) is 26.3. The van der Waals surface area contributed by atoms with Crippen molar-refractivity contribution in [2.45, 2.75) is 38.5 Å². The molecule has 3 atom stereocenters. The molecule has 0 aromatic rings. The van der Waals surface area contributed by atoms with Crippen molar-refractivity contribution in [2.75, 3.05) is 24.6 Å². The Bertz CT molecular complexity index is 662. The summed E-state index contributed by atoms with van der Waals surface area (Å²) in [6.07, 6.45) is 6.02. The number of hydrogen-bond acceptors (Lipinski definition) is 4. The molecule has 6 nitrogen and oxygen atoms in total. The fraction of sp³-hybridized carbons (Fsp3) is 0.882. The lowest BCUT2D eigenvalue weighted by molar-refractivity contribution is -0.143. The second kappa shape index (κ2) is 5.44. The van der Waals surface area contributed by atoms with Crippen molar-refractivity contribution in [3.63, 3.8) is 0 Å². The van der Waals surface area contributed by atoms with E-state index in [1.807, 2.05) is 0 Å². The second-order valence-corrected chi connectivity index (χ2v) is 10.5. The molecular weight excluding hydrogens is 330 g/mol. The first-order valence-corrected chi connectivity index (χ1v) is 10.9. The molecule has 1 amide bonds. The number of carbonyl (C=O) groups is 2. The Morgan fingerprint density at radius 1 is 1.08 bits per heavy atom. The maximum atomic E-state index is 13.0. The van der Waals surface area contributed by atoms with Gasteiger partial charge in [0.25, 0.3) is 0 Å². The predicted octanol–water partition coefficient (Wildman–Crippen LogP) is 1.16. The first-order valence-electron chi connectivity index (χ1n) is 9.03. The molecule has 1 unspecified atom stereocenters. The van der Waals surface area contributed by atoms with E-state index in [4.69, 9.17) is 0 Å². The van der Waals surface area contributed by atoms with Gasteiger partial charge < -0.3 is 10.0 Å². The number of likely N-dealkylation sites (tertiary alicyclic amines) is 1. The van der Waals surface area contributed by atoms with Crippen molar-refractivity contribution in [2.24, 2.45) is 29.1 Å². The largest absolute Gasteiger partial charge is 0.481 e. The predicted molar refractivity (Wildman–Crippen MR) is 87.0 cm³/mol. The Hall–Kier alpha value is -1.11. The Morgan fingerprint density at radius 2 is 1.75 bits per heavy atom. The number of carbonyl (C=O) groups excluding carboxylic acids is 1. The van der Waals surface area contributed by atoms with E-state index in [-0.39, 0.29) is 35.3 Å². The van der Waals surface area contributed by atoms with Crippen molar-refractivity contribution < 1.29 is 23.1 Å². The molecular formula is C17H25NO5S. The number of nitrogens with zero attached hydrogens (tertiary/aromatic N) is 1. The molecule has 2 aliphatic carbocycles. The molecule has 2 saturated heterocycles. The summed E-state index contributed by atoms with van der Waals surface area (Å²) in [6, 6.07) is 0. The van der Waals surface area contributed by atoms with E-state index >= 15 is 0 Å². The SMILES string of the molecule is O=C(O)[C@@H]1CN(C(=O)C2CS(=O)(=O)CC23CC3)C[C@H]1C1CCCC1. The van der Waals surface area contributed by atoms with Crippen molar-refractivity contribution in [3.8, 4) is 0 Å². The molecule has 4 aliphatic rings. The van der Waals surface area contributed by atoms with Crippen LogP contribution in [0.4, 0.5) is 0 Å². The summed E-state index contributed by atoms with van der Waals surface area (Å²) in [5.74, 6) is -1.35. The van der Waals surface area contributed by atoms with Gasteiger partial charge in [0, 0.05) is 13.1 Å². The van der Waals surface area contributed by atoms with Crippen molar-refractivity contribution in [1.82, 2.24) is 4.90 Å². The van der Waals surface area contributed by atoms with E-state index in [1.54, 1.807) is 4.90 Å². The van der Waals surface area contributed by atoms with Gasteiger partial charge in [0.1, 0.15) is 0 Å². The van der Waals surface area contributed by atoms with Gasteiger partial charge in [-0.2, -0.15) is 0 Å². The van der Waals surface area contributed by atoms with Crippen LogP contribution in [0.25, 0.3) is 0 Å². The van der Waals surface area contributed by atoms with Gasteiger partial charge in [-0.25, -0.2) is 8.42 Å². The first-order chi connectivity index (χ1) is 11.3. The van der Waals surface area contributed by atoms with E-state index in [1.165, 1.54) is 0 Å². The van der Waals surface area contributed by atoms with Crippen LogP contribution in [-0.4, -0.2) is 54.9 Å². The van der Waals surface area contributed by atoms with Crippen LogP contribution in [0.1, 0.15) is 38.5 Å². The zero-order chi connectivity index (χ0) is 17.1. The van der Waals surface area contributed by atoms with Gasteiger partial charge in [0.15, 0.2) is 9.84 Å². The van der Waals surface area contributed by atoms with Crippen molar-refractivity contribution >= 4 is 21.7 Å². The molecule has 2 heterocycles. The van der Waals surface area contributed by atoms with Gasteiger partial charge in [-0.15, -0.1) is 0 Å². The van der Waals surface area contributed by atoms with Crippen LogP contribution < -0.4 is 0 Å². The van der Waals surface area contributed by atoms with Crippen LogP contribution in [-0.2, 0) is 19.4 Å². The molecule has 24 heavy (non-hydrogen) atoms. The molecule has 0 aromatic carbocycles. The Balaban J connectivity index is 1.52. The molecule has 0 radical (unpaired) electrons. The summed E-state index contributed by atoms with van der Waals surface area (Å²) in [7, 11) is -3.14. The molecule has 1 spiro atoms. The summed E-state index contributed by atoms with van der Waals surface area (Å²) in [6.45, 7) is 0.745. The quantitative estimate of drug-likeness (QED) is 0.820. The van der Waals surface area contributed by atoms with E-state index in [9.17, 15) is 23.1 Å². The number of carboxylic acid groups (broad SMARTS) is 1. The normalized spacial score (nSPS) is 37.2. The molecule has 134 valence electrons. The summed E-state index contributed by atoms with van der Waals surface area (Å²) in [5, 5.41) is 9.57. The molecule has 2 saturated carbocycles. The molecule has 2 aliphatic heterocycles. The first kappa shape index (κ1) is 16.4. The average molecular weight is 355 g/mol. The van der Waals surface area contributed by atoms with Gasteiger partial charge in [-0.05, 0) is 30.1 Å².